The van der Waals surface area contributed by atoms with Crippen LogP contribution in [0.1, 0.15) is 37.4 Å². The van der Waals surface area contributed by atoms with Crippen LogP contribution in [0.15, 0.2) is 89.8 Å². The standard InChI is InChI=1S/C26H30N2O4S/c1-20(13-14-22-9-5-3-6-10-22)27-26(29)19-32-24-15-17-25(18-16-24)33(30,31)28-21(2)23-11-7-4-8-12-23/h3-12,15-18,20-21,28H,13-14,19H2,1-2H3,(H,27,29)/t20-,21-/m1/s1. The van der Waals surface area contributed by atoms with Crippen molar-refractivity contribution >= 4 is 15.9 Å². The molecule has 3 rings (SSSR count). The molecule has 2 atom stereocenters. The molecule has 0 unspecified atom stereocenters. The smallest absolute Gasteiger partial charge is 0.258 e. The summed E-state index contributed by atoms with van der Waals surface area (Å²) in [7, 11) is -3.69. The van der Waals surface area contributed by atoms with E-state index in [0.29, 0.717) is 5.75 Å². The van der Waals surface area contributed by atoms with Gasteiger partial charge in [-0.1, -0.05) is 60.7 Å². The van der Waals surface area contributed by atoms with Gasteiger partial charge in [-0.15, -0.1) is 0 Å². The van der Waals surface area contributed by atoms with E-state index in [4.69, 9.17) is 4.74 Å². The fourth-order valence-corrected chi connectivity index (χ4v) is 4.62. The number of rotatable bonds is 11. The van der Waals surface area contributed by atoms with E-state index in [0.717, 1.165) is 18.4 Å². The van der Waals surface area contributed by atoms with Crippen molar-refractivity contribution in [3.8, 4) is 5.75 Å². The van der Waals surface area contributed by atoms with E-state index in [-0.39, 0.29) is 29.5 Å². The van der Waals surface area contributed by atoms with Gasteiger partial charge in [-0.25, -0.2) is 13.1 Å². The van der Waals surface area contributed by atoms with Crippen molar-refractivity contribution in [1.82, 2.24) is 10.0 Å². The van der Waals surface area contributed by atoms with Crippen molar-refractivity contribution in [3.63, 3.8) is 0 Å². The number of hydrogen-bond donors (Lipinski definition) is 2. The molecule has 6 nitrogen and oxygen atoms in total. The zero-order chi connectivity index (χ0) is 23.7. The molecule has 7 heteroatoms. The third kappa shape index (κ3) is 7.73. The number of hydrogen-bond acceptors (Lipinski definition) is 4. The molecule has 0 saturated heterocycles. The van der Waals surface area contributed by atoms with Crippen LogP contribution in [0.2, 0.25) is 0 Å². The second kappa shape index (κ2) is 11.6. The Morgan fingerprint density at radius 3 is 2.12 bits per heavy atom. The molecule has 0 aliphatic carbocycles. The van der Waals surface area contributed by atoms with Gasteiger partial charge in [0, 0.05) is 12.1 Å². The first-order valence-corrected chi connectivity index (χ1v) is 12.5. The van der Waals surface area contributed by atoms with Gasteiger partial charge < -0.3 is 10.1 Å². The van der Waals surface area contributed by atoms with Crippen LogP contribution in [0.25, 0.3) is 0 Å². The maximum atomic E-state index is 12.7. The Labute approximate surface area is 196 Å². The minimum absolute atomic E-state index is 0.0199. The lowest BCUT2D eigenvalue weighted by atomic mass is 10.1. The first-order chi connectivity index (χ1) is 15.8. The van der Waals surface area contributed by atoms with Gasteiger partial charge in [0.15, 0.2) is 6.61 Å². The van der Waals surface area contributed by atoms with Gasteiger partial charge in [0.05, 0.1) is 4.90 Å². The van der Waals surface area contributed by atoms with Gasteiger partial charge in [-0.2, -0.15) is 0 Å². The van der Waals surface area contributed by atoms with E-state index in [1.807, 2.05) is 55.5 Å². The SMILES string of the molecule is C[C@H](CCc1ccccc1)NC(=O)COc1ccc(S(=O)(=O)N[C@H](C)c2ccccc2)cc1. The highest BCUT2D eigenvalue weighted by Crippen LogP contribution is 2.19. The lowest BCUT2D eigenvalue weighted by Crippen LogP contribution is -2.36. The van der Waals surface area contributed by atoms with E-state index in [2.05, 4.69) is 22.2 Å². The number of carbonyl (C=O) groups excluding carboxylic acids is 1. The third-order valence-electron chi connectivity index (χ3n) is 5.25. The van der Waals surface area contributed by atoms with Crippen molar-refractivity contribution in [2.75, 3.05) is 6.61 Å². The van der Waals surface area contributed by atoms with Crippen LogP contribution in [0.4, 0.5) is 0 Å². The molecule has 0 fully saturated rings. The van der Waals surface area contributed by atoms with Gasteiger partial charge in [-0.05, 0) is 62.1 Å². The number of benzene rings is 3. The average Bonchev–Trinajstić information content (AvgIpc) is 2.82. The predicted octanol–water partition coefficient (Wildman–Crippen LogP) is 4.24. The highest BCUT2D eigenvalue weighted by molar-refractivity contribution is 7.89. The molecular formula is C26H30N2O4S. The topological polar surface area (TPSA) is 84.5 Å². The summed E-state index contributed by atoms with van der Waals surface area (Å²) in [5, 5.41) is 2.92. The molecular weight excluding hydrogens is 436 g/mol. The zero-order valence-corrected chi connectivity index (χ0v) is 19.7. The molecule has 0 aliphatic rings. The average molecular weight is 467 g/mol. The minimum atomic E-state index is -3.69. The van der Waals surface area contributed by atoms with Gasteiger partial charge in [0.25, 0.3) is 5.91 Å². The Hall–Kier alpha value is -3.16. The first kappa shape index (κ1) is 24.5. The second-order valence-corrected chi connectivity index (χ2v) is 9.72. The van der Waals surface area contributed by atoms with Crippen molar-refractivity contribution < 1.29 is 17.9 Å². The van der Waals surface area contributed by atoms with Crippen LogP contribution in [-0.4, -0.2) is 27.0 Å². The summed E-state index contributed by atoms with van der Waals surface area (Å²) in [5.74, 6) is 0.211. The van der Waals surface area contributed by atoms with E-state index in [1.54, 1.807) is 19.1 Å². The monoisotopic (exact) mass is 466 g/mol. The van der Waals surface area contributed by atoms with Gasteiger partial charge >= 0.3 is 0 Å². The van der Waals surface area contributed by atoms with Crippen LogP contribution in [0.3, 0.4) is 0 Å². The molecule has 0 spiro atoms. The van der Waals surface area contributed by atoms with Crippen molar-refractivity contribution in [3.05, 3.63) is 96.1 Å². The summed E-state index contributed by atoms with van der Waals surface area (Å²) in [6.45, 7) is 3.62. The molecule has 3 aromatic rings. The summed E-state index contributed by atoms with van der Waals surface area (Å²) in [4.78, 5) is 12.3. The Kier molecular flexibility index (Phi) is 8.63. The molecule has 2 N–H and O–H groups in total. The Bertz CT molecular complexity index is 1120. The molecule has 0 aromatic heterocycles. The minimum Gasteiger partial charge on any atom is -0.484 e. The largest absolute Gasteiger partial charge is 0.484 e. The lowest BCUT2D eigenvalue weighted by Gasteiger charge is -2.15. The molecule has 0 radical (unpaired) electrons. The van der Waals surface area contributed by atoms with E-state index < -0.39 is 10.0 Å². The Morgan fingerprint density at radius 1 is 0.879 bits per heavy atom. The van der Waals surface area contributed by atoms with Crippen LogP contribution in [0, 0.1) is 0 Å². The van der Waals surface area contributed by atoms with E-state index >= 15 is 0 Å². The number of sulfonamides is 1. The first-order valence-electron chi connectivity index (χ1n) is 11.0. The molecule has 0 saturated carbocycles. The highest BCUT2D eigenvalue weighted by Gasteiger charge is 2.18. The van der Waals surface area contributed by atoms with Crippen molar-refractivity contribution in [2.24, 2.45) is 0 Å². The summed E-state index contributed by atoms with van der Waals surface area (Å²) in [6.07, 6.45) is 1.71. The number of carbonyl (C=O) groups is 1. The second-order valence-electron chi connectivity index (χ2n) is 8.01. The van der Waals surface area contributed by atoms with Crippen LogP contribution < -0.4 is 14.8 Å². The molecule has 0 aliphatic heterocycles. The summed E-state index contributed by atoms with van der Waals surface area (Å²) >= 11 is 0. The molecule has 174 valence electrons. The molecule has 0 bridgehead atoms. The summed E-state index contributed by atoms with van der Waals surface area (Å²) in [5.41, 5.74) is 2.11. The number of ether oxygens (including phenoxy) is 1. The zero-order valence-electron chi connectivity index (χ0n) is 18.9. The molecule has 1 amide bonds. The fourth-order valence-electron chi connectivity index (χ4n) is 3.39. The van der Waals surface area contributed by atoms with Crippen molar-refractivity contribution in [2.45, 2.75) is 43.7 Å². The van der Waals surface area contributed by atoms with Crippen LogP contribution in [0.5, 0.6) is 5.75 Å². The maximum absolute atomic E-state index is 12.7. The molecule has 33 heavy (non-hydrogen) atoms. The number of amides is 1. The van der Waals surface area contributed by atoms with Gasteiger partial charge in [0.1, 0.15) is 5.75 Å². The number of aryl methyl sites for hydroxylation is 1. The van der Waals surface area contributed by atoms with Gasteiger partial charge in [0.2, 0.25) is 10.0 Å². The Balaban J connectivity index is 1.46. The summed E-state index contributed by atoms with van der Waals surface area (Å²) < 4.78 is 33.5. The van der Waals surface area contributed by atoms with Crippen molar-refractivity contribution in [1.29, 1.82) is 0 Å². The third-order valence-corrected chi connectivity index (χ3v) is 6.81. The van der Waals surface area contributed by atoms with E-state index in [1.165, 1.54) is 17.7 Å². The highest BCUT2D eigenvalue weighted by atomic mass is 32.2. The van der Waals surface area contributed by atoms with E-state index in [9.17, 15) is 13.2 Å². The summed E-state index contributed by atoms with van der Waals surface area (Å²) in [6, 6.07) is 25.2. The normalized spacial score (nSPS) is 13.2. The fraction of sp³-hybridized carbons (Fsp3) is 0.269. The lowest BCUT2D eigenvalue weighted by molar-refractivity contribution is -0.123. The molecule has 3 aromatic carbocycles. The maximum Gasteiger partial charge on any atom is 0.258 e. The van der Waals surface area contributed by atoms with Crippen LogP contribution >= 0.6 is 0 Å². The molecule has 0 heterocycles. The number of nitrogens with one attached hydrogen (secondary N) is 2. The Morgan fingerprint density at radius 2 is 1.48 bits per heavy atom. The van der Waals surface area contributed by atoms with Gasteiger partial charge in [-0.3, -0.25) is 4.79 Å². The quantitative estimate of drug-likeness (QED) is 0.443. The predicted molar refractivity (Wildman–Crippen MR) is 129 cm³/mol. The van der Waals surface area contributed by atoms with Crippen LogP contribution in [-0.2, 0) is 21.2 Å².